The standard InChI is InChI=1S/C13H15F4NO2/c1-2-20-7-3-6-18-12(19)9-4-5-11(14)10(8-9)13(15,16)17/h4-5,8H,2-3,6-7H2,1H3,(H,18,19). The van der Waals surface area contributed by atoms with Crippen molar-refractivity contribution >= 4 is 5.91 Å². The molecule has 112 valence electrons. The molecule has 1 aromatic rings. The van der Waals surface area contributed by atoms with Gasteiger partial charge in [0.15, 0.2) is 0 Å². The number of nitrogens with one attached hydrogen (secondary N) is 1. The van der Waals surface area contributed by atoms with E-state index in [1.165, 1.54) is 0 Å². The maximum absolute atomic E-state index is 13.1. The van der Waals surface area contributed by atoms with Crippen molar-refractivity contribution < 1.29 is 27.1 Å². The van der Waals surface area contributed by atoms with Crippen LogP contribution in [0.3, 0.4) is 0 Å². The van der Waals surface area contributed by atoms with Crippen LogP contribution >= 0.6 is 0 Å². The van der Waals surface area contributed by atoms with Crippen LogP contribution in [0.1, 0.15) is 29.3 Å². The molecule has 0 heterocycles. The van der Waals surface area contributed by atoms with Gasteiger partial charge in [0.1, 0.15) is 5.82 Å². The molecule has 0 aliphatic heterocycles. The third-order valence-corrected chi connectivity index (χ3v) is 2.49. The second-order valence-corrected chi connectivity index (χ2v) is 4.00. The van der Waals surface area contributed by atoms with Crippen molar-refractivity contribution in [3.63, 3.8) is 0 Å². The van der Waals surface area contributed by atoms with E-state index in [2.05, 4.69) is 5.32 Å². The van der Waals surface area contributed by atoms with E-state index in [9.17, 15) is 22.4 Å². The first-order valence-electron chi connectivity index (χ1n) is 6.09. The molecular formula is C13H15F4NO2. The molecular weight excluding hydrogens is 278 g/mol. The van der Waals surface area contributed by atoms with Crippen LogP contribution < -0.4 is 5.32 Å². The van der Waals surface area contributed by atoms with Crippen molar-refractivity contribution in [2.24, 2.45) is 0 Å². The molecule has 0 fully saturated rings. The Hall–Kier alpha value is -1.63. The second kappa shape index (κ2) is 7.23. The number of alkyl halides is 3. The van der Waals surface area contributed by atoms with Gasteiger partial charge in [-0.25, -0.2) is 4.39 Å². The van der Waals surface area contributed by atoms with Crippen molar-refractivity contribution in [2.45, 2.75) is 19.5 Å². The summed E-state index contributed by atoms with van der Waals surface area (Å²) < 4.78 is 55.6. The number of benzene rings is 1. The average molecular weight is 293 g/mol. The molecule has 0 bridgehead atoms. The number of hydrogen-bond acceptors (Lipinski definition) is 2. The number of amides is 1. The van der Waals surface area contributed by atoms with Crippen LogP contribution in [0.25, 0.3) is 0 Å². The maximum atomic E-state index is 13.1. The highest BCUT2D eigenvalue weighted by atomic mass is 19.4. The van der Waals surface area contributed by atoms with Crippen LogP contribution in [0.15, 0.2) is 18.2 Å². The summed E-state index contributed by atoms with van der Waals surface area (Å²) in [6.07, 6.45) is -4.28. The molecule has 1 aromatic carbocycles. The van der Waals surface area contributed by atoms with Crippen LogP contribution in [0, 0.1) is 5.82 Å². The van der Waals surface area contributed by atoms with Crippen molar-refractivity contribution in [3.05, 3.63) is 35.1 Å². The number of carbonyl (C=O) groups is 1. The summed E-state index contributed by atoms with van der Waals surface area (Å²) >= 11 is 0. The number of rotatable bonds is 6. The van der Waals surface area contributed by atoms with Gasteiger partial charge in [-0.05, 0) is 31.5 Å². The first kappa shape index (κ1) is 16.4. The lowest BCUT2D eigenvalue weighted by atomic mass is 10.1. The van der Waals surface area contributed by atoms with Crippen LogP contribution in [0.5, 0.6) is 0 Å². The summed E-state index contributed by atoms with van der Waals surface area (Å²) in [5.41, 5.74) is -1.67. The van der Waals surface area contributed by atoms with Crippen molar-refractivity contribution in [2.75, 3.05) is 19.8 Å². The smallest absolute Gasteiger partial charge is 0.382 e. The Labute approximate surface area is 113 Å². The molecule has 0 atom stereocenters. The predicted molar refractivity (Wildman–Crippen MR) is 64.8 cm³/mol. The molecule has 0 aliphatic carbocycles. The minimum absolute atomic E-state index is 0.227. The van der Waals surface area contributed by atoms with Gasteiger partial charge in [0.2, 0.25) is 0 Å². The Morgan fingerprint density at radius 1 is 1.35 bits per heavy atom. The normalized spacial score (nSPS) is 11.4. The van der Waals surface area contributed by atoms with E-state index >= 15 is 0 Å². The number of halogens is 4. The SMILES string of the molecule is CCOCCCNC(=O)c1ccc(F)c(C(F)(F)F)c1. The van der Waals surface area contributed by atoms with Gasteiger partial charge in [-0.1, -0.05) is 0 Å². The monoisotopic (exact) mass is 293 g/mol. The van der Waals surface area contributed by atoms with E-state index in [1.54, 1.807) is 0 Å². The summed E-state index contributed by atoms with van der Waals surface area (Å²) in [5, 5.41) is 2.45. The fraction of sp³-hybridized carbons (Fsp3) is 0.462. The summed E-state index contributed by atoms with van der Waals surface area (Å²) in [6, 6.07) is 2.16. The highest BCUT2D eigenvalue weighted by Crippen LogP contribution is 2.31. The lowest BCUT2D eigenvalue weighted by Crippen LogP contribution is -2.25. The topological polar surface area (TPSA) is 38.3 Å². The molecule has 20 heavy (non-hydrogen) atoms. The molecule has 1 rings (SSSR count). The fourth-order valence-corrected chi connectivity index (χ4v) is 1.51. The van der Waals surface area contributed by atoms with Gasteiger partial charge in [-0.2, -0.15) is 13.2 Å². The molecule has 1 N–H and O–H groups in total. The van der Waals surface area contributed by atoms with Gasteiger partial charge in [-0.15, -0.1) is 0 Å². The van der Waals surface area contributed by atoms with Gasteiger partial charge < -0.3 is 10.1 Å². The zero-order valence-corrected chi connectivity index (χ0v) is 10.9. The van der Waals surface area contributed by atoms with Crippen LogP contribution in [-0.2, 0) is 10.9 Å². The minimum Gasteiger partial charge on any atom is -0.382 e. The zero-order valence-electron chi connectivity index (χ0n) is 10.9. The molecule has 0 aromatic heterocycles. The Bertz CT molecular complexity index is 460. The van der Waals surface area contributed by atoms with E-state index < -0.39 is 23.5 Å². The number of ether oxygens (including phenoxy) is 1. The molecule has 0 aliphatic rings. The summed E-state index contributed by atoms with van der Waals surface area (Å²) in [7, 11) is 0. The summed E-state index contributed by atoms with van der Waals surface area (Å²) in [5.74, 6) is -2.07. The van der Waals surface area contributed by atoms with Gasteiger partial charge in [0.25, 0.3) is 5.91 Å². The lowest BCUT2D eigenvalue weighted by Gasteiger charge is -2.10. The largest absolute Gasteiger partial charge is 0.419 e. The highest BCUT2D eigenvalue weighted by Gasteiger charge is 2.34. The molecule has 0 saturated heterocycles. The van der Waals surface area contributed by atoms with E-state index in [0.717, 1.165) is 6.07 Å². The van der Waals surface area contributed by atoms with Gasteiger partial charge in [0.05, 0.1) is 5.56 Å². The highest BCUT2D eigenvalue weighted by molar-refractivity contribution is 5.94. The van der Waals surface area contributed by atoms with Gasteiger partial charge in [0, 0.05) is 25.3 Å². The molecule has 0 radical (unpaired) electrons. The van der Waals surface area contributed by atoms with E-state index in [4.69, 9.17) is 4.74 Å². The third-order valence-electron chi connectivity index (χ3n) is 2.49. The second-order valence-electron chi connectivity index (χ2n) is 4.00. The van der Waals surface area contributed by atoms with E-state index in [-0.39, 0.29) is 12.1 Å². The Morgan fingerprint density at radius 2 is 2.05 bits per heavy atom. The molecule has 1 amide bonds. The molecule has 3 nitrogen and oxygen atoms in total. The Kier molecular flexibility index (Phi) is 5.94. The van der Waals surface area contributed by atoms with E-state index in [1.807, 2.05) is 6.92 Å². The molecule has 0 unspecified atom stereocenters. The van der Waals surface area contributed by atoms with Crippen LogP contribution in [0.2, 0.25) is 0 Å². The van der Waals surface area contributed by atoms with Gasteiger partial charge >= 0.3 is 6.18 Å². The third kappa shape index (κ3) is 4.80. The van der Waals surface area contributed by atoms with E-state index in [0.29, 0.717) is 31.8 Å². The predicted octanol–water partition coefficient (Wildman–Crippen LogP) is 3.00. The summed E-state index contributed by atoms with van der Waals surface area (Å²) in [6.45, 7) is 3.11. The average Bonchev–Trinajstić information content (AvgIpc) is 2.37. The minimum atomic E-state index is -4.82. The Morgan fingerprint density at radius 3 is 2.65 bits per heavy atom. The Balaban J connectivity index is 2.65. The molecule has 0 spiro atoms. The fourth-order valence-electron chi connectivity index (χ4n) is 1.51. The first-order chi connectivity index (χ1) is 9.36. The van der Waals surface area contributed by atoms with Crippen LogP contribution in [-0.4, -0.2) is 25.7 Å². The van der Waals surface area contributed by atoms with Crippen molar-refractivity contribution in [3.8, 4) is 0 Å². The van der Waals surface area contributed by atoms with Crippen molar-refractivity contribution in [1.29, 1.82) is 0 Å². The zero-order chi connectivity index (χ0) is 15.2. The molecule has 7 heteroatoms. The summed E-state index contributed by atoms with van der Waals surface area (Å²) in [4.78, 5) is 11.6. The van der Waals surface area contributed by atoms with Crippen LogP contribution in [0.4, 0.5) is 17.6 Å². The van der Waals surface area contributed by atoms with Crippen molar-refractivity contribution in [1.82, 2.24) is 5.32 Å². The quantitative estimate of drug-likeness (QED) is 0.647. The number of hydrogen-bond donors (Lipinski definition) is 1. The first-order valence-corrected chi connectivity index (χ1v) is 6.09. The lowest BCUT2D eigenvalue weighted by molar-refractivity contribution is -0.140. The molecule has 0 saturated carbocycles. The number of carbonyl (C=O) groups excluding carboxylic acids is 1. The van der Waals surface area contributed by atoms with Gasteiger partial charge in [-0.3, -0.25) is 4.79 Å². The maximum Gasteiger partial charge on any atom is 0.419 e.